The number of benzene rings is 2. The Hall–Kier alpha value is -3.73. The number of methoxy groups -OCH3 is 2. The van der Waals surface area contributed by atoms with Gasteiger partial charge in [0.1, 0.15) is 22.0 Å². The lowest BCUT2D eigenvalue weighted by Crippen LogP contribution is -2.40. The molecule has 11 heteroatoms. The summed E-state index contributed by atoms with van der Waals surface area (Å²) in [6, 6.07) is 8.01. The van der Waals surface area contributed by atoms with Gasteiger partial charge < -0.3 is 24.4 Å². The van der Waals surface area contributed by atoms with Gasteiger partial charge in [-0.3, -0.25) is 9.52 Å². The third-order valence-electron chi connectivity index (χ3n) is 7.65. The summed E-state index contributed by atoms with van der Waals surface area (Å²) in [5.74, 6) is 0.563. The summed E-state index contributed by atoms with van der Waals surface area (Å²) in [4.78, 5) is 27.3. The summed E-state index contributed by atoms with van der Waals surface area (Å²) in [7, 11) is -1.16. The summed E-state index contributed by atoms with van der Waals surface area (Å²) in [6.45, 7) is 6.26. The molecule has 5 rings (SSSR count). The van der Waals surface area contributed by atoms with Crippen LogP contribution in [0.4, 0.5) is 16.2 Å². The first-order chi connectivity index (χ1) is 18.9. The third kappa shape index (κ3) is 4.98. The summed E-state index contributed by atoms with van der Waals surface area (Å²) in [5, 5.41) is 3.08. The highest BCUT2D eigenvalue weighted by atomic mass is 32.2. The quantitative estimate of drug-likeness (QED) is 0.507. The summed E-state index contributed by atoms with van der Waals surface area (Å²) < 4.78 is 45.8. The number of nitrogens with one attached hydrogen (secondary N) is 2. The molecule has 0 bridgehead atoms. The highest BCUT2D eigenvalue weighted by Crippen LogP contribution is 2.54. The zero-order valence-corrected chi connectivity index (χ0v) is 24.2. The fourth-order valence-corrected chi connectivity index (χ4v) is 6.65. The maximum absolute atomic E-state index is 13.5. The zero-order valence-electron chi connectivity index (χ0n) is 23.4. The molecule has 1 saturated carbocycles. The Labute approximate surface area is 234 Å². The van der Waals surface area contributed by atoms with Gasteiger partial charge in [-0.15, -0.1) is 0 Å². The molecule has 2 N–H and O–H groups in total. The molecule has 1 fully saturated rings. The number of amides is 2. The summed E-state index contributed by atoms with van der Waals surface area (Å²) in [5.41, 5.74) is 2.30. The van der Waals surface area contributed by atoms with Crippen LogP contribution >= 0.6 is 0 Å². The molecule has 0 atom stereocenters. The smallest absolute Gasteiger partial charge is 0.410 e. The van der Waals surface area contributed by atoms with Gasteiger partial charge in [-0.1, -0.05) is 12.5 Å². The molecule has 3 aliphatic rings. The van der Waals surface area contributed by atoms with Gasteiger partial charge in [-0.05, 0) is 75.4 Å². The van der Waals surface area contributed by atoms with Crippen LogP contribution in [-0.2, 0) is 25.0 Å². The first kappa shape index (κ1) is 27.8. The number of nitrogens with zero attached hydrogens (tertiary/aromatic N) is 1. The minimum Gasteiger partial charge on any atom is -0.497 e. The predicted octanol–water partition coefficient (Wildman–Crippen LogP) is 4.90. The van der Waals surface area contributed by atoms with Crippen LogP contribution in [0.2, 0.25) is 0 Å². The number of ether oxygens (including phenoxy) is 3. The maximum Gasteiger partial charge on any atom is 0.410 e. The van der Waals surface area contributed by atoms with Crippen LogP contribution in [0, 0.1) is 0 Å². The monoisotopic (exact) mass is 569 g/mol. The predicted molar refractivity (Wildman–Crippen MR) is 151 cm³/mol. The number of hydrogen-bond donors (Lipinski definition) is 2. The van der Waals surface area contributed by atoms with Crippen LogP contribution in [0.3, 0.4) is 0 Å². The second kappa shape index (κ2) is 10.0. The van der Waals surface area contributed by atoms with Gasteiger partial charge in [0.25, 0.3) is 10.0 Å². The van der Waals surface area contributed by atoms with Crippen LogP contribution in [0.5, 0.6) is 11.5 Å². The molecule has 40 heavy (non-hydrogen) atoms. The van der Waals surface area contributed by atoms with Gasteiger partial charge in [0.05, 0.1) is 25.3 Å². The van der Waals surface area contributed by atoms with E-state index in [1.165, 1.54) is 26.4 Å². The number of anilines is 2. The normalized spacial score (nSPS) is 17.9. The van der Waals surface area contributed by atoms with Crippen molar-refractivity contribution < 1.29 is 32.2 Å². The third-order valence-corrected chi connectivity index (χ3v) is 9.07. The lowest BCUT2D eigenvalue weighted by atomic mass is 9.65. The molecule has 0 radical (unpaired) electrons. The fourth-order valence-electron chi connectivity index (χ4n) is 5.46. The Morgan fingerprint density at radius 3 is 2.42 bits per heavy atom. The van der Waals surface area contributed by atoms with E-state index >= 15 is 0 Å². The molecule has 214 valence electrons. The minimum absolute atomic E-state index is 0.0321. The number of hydrogen-bond acceptors (Lipinski definition) is 7. The van der Waals surface area contributed by atoms with Crippen LogP contribution in [-0.4, -0.2) is 58.2 Å². The fraction of sp³-hybridized carbons (Fsp3) is 0.448. The zero-order chi connectivity index (χ0) is 28.9. The van der Waals surface area contributed by atoms with Crippen molar-refractivity contribution in [1.82, 2.24) is 4.90 Å². The molecule has 2 aromatic rings. The summed E-state index contributed by atoms with van der Waals surface area (Å²) >= 11 is 0. The van der Waals surface area contributed by atoms with E-state index in [9.17, 15) is 18.0 Å². The van der Waals surface area contributed by atoms with Crippen LogP contribution in [0.1, 0.15) is 57.6 Å². The van der Waals surface area contributed by atoms with E-state index in [0.29, 0.717) is 49.5 Å². The van der Waals surface area contributed by atoms with Crippen molar-refractivity contribution in [3.8, 4) is 11.5 Å². The van der Waals surface area contributed by atoms with Crippen LogP contribution in [0.15, 0.2) is 41.3 Å². The van der Waals surface area contributed by atoms with Gasteiger partial charge in [0, 0.05) is 30.4 Å². The van der Waals surface area contributed by atoms with Crippen molar-refractivity contribution >= 4 is 39.0 Å². The van der Waals surface area contributed by atoms with E-state index in [0.717, 1.165) is 23.1 Å². The molecule has 0 saturated heterocycles. The van der Waals surface area contributed by atoms with Crippen molar-refractivity contribution in [2.75, 3.05) is 37.3 Å². The van der Waals surface area contributed by atoms with Gasteiger partial charge in [0.2, 0.25) is 5.91 Å². The molecule has 0 aromatic heterocycles. The van der Waals surface area contributed by atoms with Crippen molar-refractivity contribution in [2.24, 2.45) is 0 Å². The van der Waals surface area contributed by atoms with Crippen molar-refractivity contribution in [1.29, 1.82) is 0 Å². The molecule has 2 heterocycles. The first-order valence-electron chi connectivity index (χ1n) is 13.3. The van der Waals surface area contributed by atoms with E-state index in [-0.39, 0.29) is 22.6 Å². The average Bonchev–Trinajstić information content (AvgIpc) is 3.18. The Morgan fingerprint density at radius 2 is 1.85 bits per heavy atom. The highest BCUT2D eigenvalue weighted by molar-refractivity contribution is 7.92. The molecule has 1 spiro atoms. The highest BCUT2D eigenvalue weighted by Gasteiger charge is 2.52. The SMILES string of the molecule is COc1ccc(S(=O)(=O)Nc2cc(C3=CCN(C(=O)OC(C)(C)C)CC3)c3c(c2)C2(CCC2)C(=O)N3)c(OC)c1. The average molecular weight is 570 g/mol. The number of sulfonamides is 1. The molecule has 2 aliphatic heterocycles. The molecule has 2 amide bonds. The topological polar surface area (TPSA) is 123 Å². The number of carbonyl (C=O) groups is 2. The molecule has 10 nitrogen and oxygen atoms in total. The lowest BCUT2D eigenvalue weighted by Gasteiger charge is -2.36. The standard InChI is InChI=1S/C29H35N3O7S/c1-28(2,3)39-27(34)32-13-9-18(10-14-32)21-15-19(16-22-25(21)30-26(33)29(22)11-6-12-29)31-40(35,36)24-8-7-20(37-4)17-23(24)38-5/h7-9,15-17,31H,6,10-14H2,1-5H3,(H,30,33). The Morgan fingerprint density at radius 1 is 1.10 bits per heavy atom. The minimum atomic E-state index is -4.05. The largest absolute Gasteiger partial charge is 0.497 e. The Balaban J connectivity index is 1.51. The van der Waals surface area contributed by atoms with Crippen LogP contribution < -0.4 is 19.5 Å². The van der Waals surface area contributed by atoms with Gasteiger partial charge in [-0.2, -0.15) is 0 Å². The maximum atomic E-state index is 13.5. The molecule has 2 aromatic carbocycles. The van der Waals surface area contributed by atoms with Gasteiger partial charge >= 0.3 is 6.09 Å². The van der Waals surface area contributed by atoms with E-state index < -0.39 is 21.0 Å². The second-order valence-electron chi connectivity index (χ2n) is 11.4. The second-order valence-corrected chi connectivity index (χ2v) is 13.0. The number of rotatable bonds is 6. The molecular formula is C29H35N3O7S. The van der Waals surface area contributed by atoms with Crippen molar-refractivity contribution in [2.45, 2.75) is 62.4 Å². The first-order valence-corrected chi connectivity index (χ1v) is 14.8. The summed E-state index contributed by atoms with van der Waals surface area (Å²) in [6.07, 6.45) is 4.42. The van der Waals surface area contributed by atoms with Gasteiger partial charge in [-0.25, -0.2) is 13.2 Å². The van der Waals surface area contributed by atoms with E-state index in [1.807, 2.05) is 26.8 Å². The molecular weight excluding hydrogens is 534 g/mol. The Bertz CT molecular complexity index is 1500. The number of carbonyl (C=O) groups excluding carboxylic acids is 2. The van der Waals surface area contributed by atoms with Crippen molar-refractivity contribution in [3.05, 3.63) is 47.5 Å². The Kier molecular flexibility index (Phi) is 6.98. The molecule has 0 unspecified atom stereocenters. The van der Waals surface area contributed by atoms with Crippen molar-refractivity contribution in [3.63, 3.8) is 0 Å². The number of fused-ring (bicyclic) bond motifs is 2. The van der Waals surface area contributed by atoms with Gasteiger partial charge in [0.15, 0.2) is 0 Å². The van der Waals surface area contributed by atoms with Crippen LogP contribution in [0.25, 0.3) is 5.57 Å². The lowest BCUT2D eigenvalue weighted by molar-refractivity contribution is -0.123. The van der Waals surface area contributed by atoms with E-state index in [1.54, 1.807) is 23.1 Å². The van der Waals surface area contributed by atoms with E-state index in [4.69, 9.17) is 14.2 Å². The van der Waals surface area contributed by atoms with E-state index in [2.05, 4.69) is 10.0 Å². The molecule has 1 aliphatic carbocycles.